The first kappa shape index (κ1) is 22.2. The van der Waals surface area contributed by atoms with Crippen molar-refractivity contribution in [1.82, 2.24) is 14.5 Å². The lowest BCUT2D eigenvalue weighted by atomic mass is 9.99. The van der Waals surface area contributed by atoms with E-state index in [1.165, 1.54) is 23.9 Å². The Bertz CT molecular complexity index is 1310. The summed E-state index contributed by atoms with van der Waals surface area (Å²) in [5.41, 5.74) is -0.00849. The van der Waals surface area contributed by atoms with Crippen LogP contribution in [0.5, 0.6) is 0 Å². The van der Waals surface area contributed by atoms with Gasteiger partial charge in [0.15, 0.2) is 0 Å². The Hall–Kier alpha value is -3.00. The van der Waals surface area contributed by atoms with Crippen molar-refractivity contribution < 1.29 is 22.0 Å². The molecular weight excluding hydrogens is 451 g/mol. The Morgan fingerprint density at radius 2 is 1.88 bits per heavy atom. The van der Waals surface area contributed by atoms with Crippen LogP contribution >= 0.6 is 11.8 Å². The van der Waals surface area contributed by atoms with E-state index in [-0.39, 0.29) is 10.9 Å². The number of aromatic nitrogens is 3. The highest BCUT2D eigenvalue weighted by Crippen LogP contribution is 2.48. The second kappa shape index (κ2) is 7.55. The predicted molar refractivity (Wildman–Crippen MR) is 109 cm³/mol. The molecule has 1 fully saturated rings. The van der Waals surface area contributed by atoms with Crippen LogP contribution in [0.25, 0.3) is 22.3 Å². The maximum Gasteiger partial charge on any atom is 0.455 e. The lowest BCUT2D eigenvalue weighted by Gasteiger charge is -2.21. The fraction of sp³-hybridized carbons (Fsp3) is 0.333. The molecule has 0 radical (unpaired) electrons. The molecule has 3 aromatic rings. The standard InChI is InChI=1S/C21H15F5N4OS/c1-32-16-7-13(19(10-27)4-5-19)8-29-18(16)14-6-12-2-3-17(31)30(15(12)9-28-14)11-20(22,23)21(24,25)26/h2-3,6-9H,4-5,11H2,1H3. The van der Waals surface area contributed by atoms with Gasteiger partial charge in [-0.05, 0) is 42.9 Å². The van der Waals surface area contributed by atoms with E-state index in [0.717, 1.165) is 35.6 Å². The quantitative estimate of drug-likeness (QED) is 0.394. The molecule has 4 rings (SSSR count). The van der Waals surface area contributed by atoms with E-state index in [9.17, 15) is 32.0 Å². The van der Waals surface area contributed by atoms with Gasteiger partial charge in [0, 0.05) is 22.5 Å². The van der Waals surface area contributed by atoms with Crippen molar-refractivity contribution in [3.05, 3.63) is 52.6 Å². The highest BCUT2D eigenvalue weighted by molar-refractivity contribution is 7.98. The minimum atomic E-state index is -5.79. The topological polar surface area (TPSA) is 71.6 Å². The third-order valence-electron chi connectivity index (χ3n) is 5.48. The number of rotatable bonds is 5. The average molecular weight is 466 g/mol. The average Bonchev–Trinajstić information content (AvgIpc) is 3.55. The van der Waals surface area contributed by atoms with Crippen molar-refractivity contribution in [1.29, 1.82) is 5.26 Å². The van der Waals surface area contributed by atoms with Crippen molar-refractivity contribution in [2.24, 2.45) is 0 Å². The number of nitriles is 1. The second-order valence-corrected chi connectivity index (χ2v) is 8.41. The van der Waals surface area contributed by atoms with E-state index in [1.54, 1.807) is 6.20 Å². The first-order valence-corrected chi connectivity index (χ1v) is 10.6. The van der Waals surface area contributed by atoms with Crippen LogP contribution in [0.3, 0.4) is 0 Å². The molecule has 3 aromatic heterocycles. The van der Waals surface area contributed by atoms with Crippen molar-refractivity contribution in [3.63, 3.8) is 0 Å². The number of fused-ring (bicyclic) bond motifs is 1. The third-order valence-corrected chi connectivity index (χ3v) is 6.23. The third kappa shape index (κ3) is 3.72. The van der Waals surface area contributed by atoms with E-state index >= 15 is 0 Å². The van der Waals surface area contributed by atoms with Crippen LogP contribution in [0.4, 0.5) is 22.0 Å². The molecule has 1 saturated carbocycles. The van der Waals surface area contributed by atoms with Gasteiger partial charge in [0.25, 0.3) is 5.56 Å². The fourth-order valence-electron chi connectivity index (χ4n) is 3.42. The minimum Gasteiger partial charge on any atom is -0.300 e. The van der Waals surface area contributed by atoms with Gasteiger partial charge in [0.05, 0.1) is 35.4 Å². The first-order chi connectivity index (χ1) is 15.0. The van der Waals surface area contributed by atoms with Gasteiger partial charge in [-0.25, -0.2) is 0 Å². The van der Waals surface area contributed by atoms with E-state index in [2.05, 4.69) is 16.0 Å². The molecule has 3 heterocycles. The van der Waals surface area contributed by atoms with Crippen LogP contribution < -0.4 is 5.56 Å². The van der Waals surface area contributed by atoms with E-state index < -0.39 is 29.6 Å². The smallest absolute Gasteiger partial charge is 0.300 e. The van der Waals surface area contributed by atoms with Crippen LogP contribution in [-0.2, 0) is 12.0 Å². The number of pyridine rings is 3. The zero-order chi connectivity index (χ0) is 23.3. The largest absolute Gasteiger partial charge is 0.455 e. The number of nitrogens with zero attached hydrogens (tertiary/aromatic N) is 4. The molecule has 5 nitrogen and oxygen atoms in total. The number of thioether (sulfide) groups is 1. The molecule has 1 aliphatic rings. The number of alkyl halides is 5. The predicted octanol–water partition coefficient (Wildman–Crippen LogP) is 4.93. The molecule has 0 unspecified atom stereocenters. The summed E-state index contributed by atoms with van der Waals surface area (Å²) in [5, 5.41) is 9.67. The Balaban J connectivity index is 1.78. The van der Waals surface area contributed by atoms with E-state index in [0.29, 0.717) is 16.0 Å². The normalized spacial score (nSPS) is 15.5. The highest BCUT2D eigenvalue weighted by Gasteiger charge is 2.57. The van der Waals surface area contributed by atoms with Crippen LogP contribution in [0.15, 0.2) is 46.3 Å². The molecule has 0 spiro atoms. The molecule has 0 bridgehead atoms. The van der Waals surface area contributed by atoms with E-state index in [4.69, 9.17) is 0 Å². The van der Waals surface area contributed by atoms with Gasteiger partial charge in [-0.2, -0.15) is 27.2 Å². The molecule has 0 aromatic carbocycles. The van der Waals surface area contributed by atoms with Gasteiger partial charge in [0.2, 0.25) is 0 Å². The first-order valence-electron chi connectivity index (χ1n) is 9.42. The molecule has 32 heavy (non-hydrogen) atoms. The molecule has 1 aliphatic carbocycles. The lowest BCUT2D eigenvalue weighted by Crippen LogP contribution is -2.42. The molecule has 166 valence electrons. The highest BCUT2D eigenvalue weighted by atomic mass is 32.2. The summed E-state index contributed by atoms with van der Waals surface area (Å²) >= 11 is 1.39. The van der Waals surface area contributed by atoms with Crippen LogP contribution in [0.2, 0.25) is 0 Å². The van der Waals surface area contributed by atoms with E-state index in [1.807, 2.05) is 12.3 Å². The minimum absolute atomic E-state index is 0.145. The molecule has 0 N–H and O–H groups in total. The van der Waals surface area contributed by atoms with Crippen LogP contribution in [-0.4, -0.2) is 32.9 Å². The molecule has 0 aliphatic heterocycles. The van der Waals surface area contributed by atoms with Crippen LogP contribution in [0.1, 0.15) is 18.4 Å². The zero-order valence-corrected chi connectivity index (χ0v) is 17.4. The summed E-state index contributed by atoms with van der Waals surface area (Å²) in [7, 11) is 0. The number of hydrogen-bond acceptors (Lipinski definition) is 5. The fourth-order valence-corrected chi connectivity index (χ4v) is 4.01. The summed E-state index contributed by atoms with van der Waals surface area (Å²) < 4.78 is 65.5. The summed E-state index contributed by atoms with van der Waals surface area (Å²) in [6.07, 6.45) is 0.245. The van der Waals surface area contributed by atoms with Gasteiger partial charge in [-0.15, -0.1) is 11.8 Å². The van der Waals surface area contributed by atoms with Crippen molar-refractivity contribution in [2.45, 2.75) is 41.8 Å². The second-order valence-electron chi connectivity index (χ2n) is 7.56. The van der Waals surface area contributed by atoms with Gasteiger partial charge < -0.3 is 4.57 Å². The summed E-state index contributed by atoms with van der Waals surface area (Å²) in [4.78, 5) is 21.4. The molecule has 0 amide bonds. The lowest BCUT2D eigenvalue weighted by molar-refractivity contribution is -0.286. The number of halogens is 5. The molecule has 11 heteroatoms. The maximum atomic E-state index is 13.6. The van der Waals surface area contributed by atoms with Gasteiger partial charge >= 0.3 is 12.1 Å². The monoisotopic (exact) mass is 466 g/mol. The van der Waals surface area contributed by atoms with Crippen molar-refractivity contribution >= 4 is 22.7 Å². The molecule has 0 saturated heterocycles. The number of hydrogen-bond donors (Lipinski definition) is 0. The Labute approximate surface area is 182 Å². The van der Waals surface area contributed by atoms with Crippen molar-refractivity contribution in [2.75, 3.05) is 6.26 Å². The van der Waals surface area contributed by atoms with Crippen LogP contribution in [0, 0.1) is 11.3 Å². The Morgan fingerprint density at radius 1 is 1.16 bits per heavy atom. The molecule has 0 atom stereocenters. The van der Waals surface area contributed by atoms with Crippen molar-refractivity contribution in [3.8, 4) is 17.5 Å². The SMILES string of the molecule is CSc1cc(C2(C#N)CC2)cnc1-c1cc2ccc(=O)n(CC(F)(F)C(F)(F)F)c2cn1. The van der Waals surface area contributed by atoms with Gasteiger partial charge in [0.1, 0.15) is 5.69 Å². The summed E-state index contributed by atoms with van der Waals surface area (Å²) in [6, 6.07) is 7.93. The Kier molecular flexibility index (Phi) is 5.24. The van der Waals surface area contributed by atoms with Gasteiger partial charge in [-0.3, -0.25) is 14.8 Å². The van der Waals surface area contributed by atoms with Gasteiger partial charge in [-0.1, -0.05) is 0 Å². The summed E-state index contributed by atoms with van der Waals surface area (Å²) in [5.74, 6) is -5.08. The molecular formula is C21H15F5N4OS. The zero-order valence-electron chi connectivity index (χ0n) is 16.6. The Morgan fingerprint density at radius 3 is 2.47 bits per heavy atom. The maximum absolute atomic E-state index is 13.6. The summed E-state index contributed by atoms with van der Waals surface area (Å²) in [6.45, 7) is -1.84.